The third-order valence-corrected chi connectivity index (χ3v) is 3.75. The van der Waals surface area contributed by atoms with Crippen molar-refractivity contribution in [2.75, 3.05) is 6.54 Å². The minimum absolute atomic E-state index is 0.0228. The molecular formula is C17H28N2O. The molecule has 20 heavy (non-hydrogen) atoms. The summed E-state index contributed by atoms with van der Waals surface area (Å²) in [4.78, 5) is 12.1. The van der Waals surface area contributed by atoms with Crippen molar-refractivity contribution in [3.8, 4) is 0 Å². The predicted octanol–water partition coefficient (Wildman–Crippen LogP) is 3.36. The minimum Gasteiger partial charge on any atom is -0.349 e. The van der Waals surface area contributed by atoms with Crippen molar-refractivity contribution in [3.63, 3.8) is 0 Å². The Bertz CT molecular complexity index is 412. The smallest absolute Gasteiger partial charge is 0.224 e. The number of nitrogens with two attached hydrogens (primary N) is 1. The molecule has 1 aromatic carbocycles. The van der Waals surface area contributed by atoms with Gasteiger partial charge < -0.3 is 11.1 Å². The lowest BCUT2D eigenvalue weighted by atomic mass is 9.98. The van der Waals surface area contributed by atoms with E-state index in [9.17, 15) is 4.79 Å². The number of carbonyl (C=O) groups is 1. The van der Waals surface area contributed by atoms with Gasteiger partial charge in [-0.25, -0.2) is 0 Å². The van der Waals surface area contributed by atoms with Gasteiger partial charge in [-0.05, 0) is 30.4 Å². The van der Waals surface area contributed by atoms with Crippen molar-refractivity contribution in [3.05, 3.63) is 35.4 Å². The molecule has 0 fully saturated rings. The van der Waals surface area contributed by atoms with Gasteiger partial charge in [0.05, 0.1) is 12.0 Å². The second-order valence-corrected chi connectivity index (χ2v) is 5.77. The monoisotopic (exact) mass is 276 g/mol. The van der Waals surface area contributed by atoms with Crippen LogP contribution in [0.5, 0.6) is 0 Å². The Kier molecular flexibility index (Phi) is 6.73. The van der Waals surface area contributed by atoms with E-state index in [0.29, 0.717) is 12.5 Å². The fourth-order valence-electron chi connectivity index (χ4n) is 2.29. The van der Waals surface area contributed by atoms with Gasteiger partial charge in [0, 0.05) is 6.54 Å². The van der Waals surface area contributed by atoms with Crippen molar-refractivity contribution < 1.29 is 4.79 Å². The summed E-state index contributed by atoms with van der Waals surface area (Å²) in [6.45, 7) is 8.86. The maximum absolute atomic E-state index is 12.1. The topological polar surface area (TPSA) is 55.1 Å². The summed E-state index contributed by atoms with van der Waals surface area (Å²) in [5, 5.41) is 3.06. The fraction of sp³-hybridized carbons (Fsp3) is 0.588. The molecule has 1 rings (SSSR count). The van der Waals surface area contributed by atoms with E-state index in [4.69, 9.17) is 5.73 Å². The molecule has 3 N–H and O–H groups in total. The van der Waals surface area contributed by atoms with Crippen molar-refractivity contribution >= 4 is 5.91 Å². The first kappa shape index (κ1) is 16.7. The summed E-state index contributed by atoms with van der Waals surface area (Å²) in [6.07, 6.45) is 1.83. The quantitative estimate of drug-likeness (QED) is 0.802. The highest BCUT2D eigenvalue weighted by molar-refractivity contribution is 5.79. The summed E-state index contributed by atoms with van der Waals surface area (Å²) in [6, 6.07) is 8.48. The van der Waals surface area contributed by atoms with Gasteiger partial charge in [-0.1, -0.05) is 51.5 Å². The van der Waals surface area contributed by atoms with E-state index in [2.05, 4.69) is 50.4 Å². The van der Waals surface area contributed by atoms with E-state index in [1.807, 2.05) is 6.92 Å². The van der Waals surface area contributed by atoms with Crippen LogP contribution in [0.15, 0.2) is 24.3 Å². The van der Waals surface area contributed by atoms with E-state index in [1.54, 1.807) is 0 Å². The average Bonchev–Trinajstić information content (AvgIpc) is 2.44. The van der Waals surface area contributed by atoms with Gasteiger partial charge in [-0.3, -0.25) is 4.79 Å². The molecule has 3 nitrogen and oxygen atoms in total. The van der Waals surface area contributed by atoms with Crippen LogP contribution in [0.2, 0.25) is 0 Å². The third-order valence-electron chi connectivity index (χ3n) is 3.75. The first-order chi connectivity index (χ1) is 9.49. The van der Waals surface area contributed by atoms with Crippen LogP contribution in [-0.4, -0.2) is 12.5 Å². The second-order valence-electron chi connectivity index (χ2n) is 5.77. The summed E-state index contributed by atoms with van der Waals surface area (Å²) < 4.78 is 0. The molecule has 0 aromatic heterocycles. The van der Waals surface area contributed by atoms with Crippen molar-refractivity contribution in [1.82, 2.24) is 5.32 Å². The van der Waals surface area contributed by atoms with Crippen molar-refractivity contribution in [2.45, 2.75) is 52.5 Å². The van der Waals surface area contributed by atoms with Crippen LogP contribution < -0.4 is 11.1 Å². The van der Waals surface area contributed by atoms with E-state index in [0.717, 1.165) is 18.4 Å². The first-order valence-corrected chi connectivity index (χ1v) is 7.59. The molecular weight excluding hydrogens is 248 g/mol. The molecule has 0 aliphatic carbocycles. The Morgan fingerprint density at radius 1 is 1.15 bits per heavy atom. The second kappa shape index (κ2) is 8.05. The number of carbonyl (C=O) groups excluding carboxylic acids is 1. The highest BCUT2D eigenvalue weighted by atomic mass is 16.1. The molecule has 0 bridgehead atoms. The summed E-state index contributed by atoms with van der Waals surface area (Å²) in [7, 11) is 0. The van der Waals surface area contributed by atoms with Crippen LogP contribution in [-0.2, 0) is 4.79 Å². The molecule has 0 aliphatic rings. The molecule has 2 unspecified atom stereocenters. The van der Waals surface area contributed by atoms with E-state index < -0.39 is 0 Å². The largest absolute Gasteiger partial charge is 0.349 e. The van der Waals surface area contributed by atoms with Gasteiger partial charge in [-0.15, -0.1) is 0 Å². The molecule has 0 saturated heterocycles. The highest BCUT2D eigenvalue weighted by Crippen LogP contribution is 2.19. The number of hydrogen-bond acceptors (Lipinski definition) is 2. The Morgan fingerprint density at radius 3 is 2.15 bits per heavy atom. The van der Waals surface area contributed by atoms with Crippen LogP contribution in [0.4, 0.5) is 0 Å². The third kappa shape index (κ3) is 4.64. The Balaban J connectivity index is 2.65. The van der Waals surface area contributed by atoms with Crippen LogP contribution in [0, 0.1) is 5.92 Å². The van der Waals surface area contributed by atoms with Gasteiger partial charge >= 0.3 is 0 Å². The lowest BCUT2D eigenvalue weighted by molar-refractivity contribution is -0.125. The molecule has 0 aliphatic heterocycles. The zero-order chi connectivity index (χ0) is 15.1. The van der Waals surface area contributed by atoms with Crippen LogP contribution >= 0.6 is 0 Å². The Morgan fingerprint density at radius 2 is 1.70 bits per heavy atom. The predicted molar refractivity (Wildman–Crippen MR) is 84.5 cm³/mol. The highest BCUT2D eigenvalue weighted by Gasteiger charge is 2.18. The van der Waals surface area contributed by atoms with Gasteiger partial charge in [0.25, 0.3) is 0 Å². The summed E-state index contributed by atoms with van der Waals surface area (Å²) in [5.41, 5.74) is 8.12. The average molecular weight is 276 g/mol. The summed E-state index contributed by atoms with van der Waals surface area (Å²) in [5.74, 6) is 0.521. The normalized spacial score (nSPS) is 14.1. The van der Waals surface area contributed by atoms with Gasteiger partial charge in [0.2, 0.25) is 5.91 Å². The maximum Gasteiger partial charge on any atom is 0.224 e. The number of nitrogens with one attached hydrogen (secondary N) is 1. The SMILES string of the molecule is CCCC(CN)C(=O)NC(C)c1ccc(C(C)C)cc1. The minimum atomic E-state index is -0.0719. The molecule has 0 saturated carbocycles. The van der Waals surface area contributed by atoms with E-state index in [1.165, 1.54) is 5.56 Å². The van der Waals surface area contributed by atoms with E-state index in [-0.39, 0.29) is 17.9 Å². The number of rotatable bonds is 7. The lowest BCUT2D eigenvalue weighted by Crippen LogP contribution is -2.36. The van der Waals surface area contributed by atoms with Crippen molar-refractivity contribution in [2.24, 2.45) is 11.7 Å². The number of benzene rings is 1. The Labute approximate surface area is 122 Å². The first-order valence-electron chi connectivity index (χ1n) is 7.59. The molecule has 0 heterocycles. The molecule has 1 aromatic rings. The van der Waals surface area contributed by atoms with Crippen molar-refractivity contribution in [1.29, 1.82) is 0 Å². The molecule has 112 valence electrons. The van der Waals surface area contributed by atoms with E-state index >= 15 is 0 Å². The van der Waals surface area contributed by atoms with Gasteiger partial charge in [0.15, 0.2) is 0 Å². The maximum atomic E-state index is 12.1. The zero-order valence-corrected chi connectivity index (χ0v) is 13.1. The number of hydrogen-bond donors (Lipinski definition) is 2. The van der Waals surface area contributed by atoms with Crippen LogP contribution in [0.25, 0.3) is 0 Å². The van der Waals surface area contributed by atoms with Crippen LogP contribution in [0.1, 0.15) is 63.6 Å². The van der Waals surface area contributed by atoms with Gasteiger partial charge in [0.1, 0.15) is 0 Å². The molecule has 0 spiro atoms. The molecule has 1 amide bonds. The lowest BCUT2D eigenvalue weighted by Gasteiger charge is -2.19. The molecule has 0 radical (unpaired) electrons. The zero-order valence-electron chi connectivity index (χ0n) is 13.1. The standard InChI is InChI=1S/C17H28N2O/c1-5-6-16(11-18)17(20)19-13(4)15-9-7-14(8-10-15)12(2)3/h7-10,12-13,16H,5-6,11,18H2,1-4H3,(H,19,20). The number of amides is 1. The van der Waals surface area contributed by atoms with Crippen LogP contribution in [0.3, 0.4) is 0 Å². The molecule has 3 heteroatoms. The van der Waals surface area contributed by atoms with Gasteiger partial charge in [-0.2, -0.15) is 0 Å². The Hall–Kier alpha value is -1.35. The fourth-order valence-corrected chi connectivity index (χ4v) is 2.29. The molecule has 2 atom stereocenters. The summed E-state index contributed by atoms with van der Waals surface area (Å²) >= 11 is 0.